The van der Waals surface area contributed by atoms with Crippen molar-refractivity contribution < 1.29 is 14.0 Å². The van der Waals surface area contributed by atoms with E-state index in [0.29, 0.717) is 45.1 Å². The Morgan fingerprint density at radius 3 is 2.47 bits per heavy atom. The number of amides is 2. The van der Waals surface area contributed by atoms with E-state index in [1.165, 1.54) is 4.90 Å². The summed E-state index contributed by atoms with van der Waals surface area (Å²) in [5, 5.41) is 0. The zero-order valence-corrected chi connectivity index (χ0v) is 17.4. The van der Waals surface area contributed by atoms with E-state index < -0.39 is 0 Å². The van der Waals surface area contributed by atoms with Crippen LogP contribution in [0.15, 0.2) is 47.3 Å². The lowest BCUT2D eigenvalue weighted by molar-refractivity contribution is 0.0516. The van der Waals surface area contributed by atoms with Crippen LogP contribution in [-0.4, -0.2) is 67.7 Å². The molecule has 160 valence electrons. The van der Waals surface area contributed by atoms with Crippen LogP contribution >= 0.6 is 0 Å². The van der Waals surface area contributed by atoms with Gasteiger partial charge in [-0.3, -0.25) is 14.5 Å². The van der Waals surface area contributed by atoms with Crippen LogP contribution in [0.25, 0.3) is 34.0 Å². The number of aromatic nitrogens is 4. The summed E-state index contributed by atoms with van der Waals surface area (Å²) in [5.41, 5.74) is 2.87. The third-order valence-electron chi connectivity index (χ3n) is 6.24. The molecule has 0 saturated carbocycles. The molecule has 1 aromatic carbocycles. The van der Waals surface area contributed by atoms with Crippen LogP contribution in [0.4, 0.5) is 0 Å². The summed E-state index contributed by atoms with van der Waals surface area (Å²) in [6.07, 6.45) is 6.50. The quantitative estimate of drug-likeness (QED) is 0.500. The second-order valence-corrected chi connectivity index (χ2v) is 8.29. The van der Waals surface area contributed by atoms with Gasteiger partial charge in [0.25, 0.3) is 11.8 Å². The lowest BCUT2D eigenvalue weighted by Crippen LogP contribution is -2.46. The zero-order valence-electron chi connectivity index (χ0n) is 17.4. The van der Waals surface area contributed by atoms with Crippen LogP contribution in [0.3, 0.4) is 0 Å². The largest absolute Gasteiger partial charge is 0.461 e. The summed E-state index contributed by atoms with van der Waals surface area (Å²) in [5.74, 6) is 1.20. The number of fused-ring (bicyclic) bond motifs is 2. The SMILES string of the molecule is CN1CCC(N2C(=O)c3cc4nc(-c5cnc(-c6ccco6)nc5)[nH]c4cc3C2=O)CC1. The van der Waals surface area contributed by atoms with Gasteiger partial charge in [0, 0.05) is 18.4 Å². The lowest BCUT2D eigenvalue weighted by atomic mass is 10.0. The molecule has 9 heteroatoms. The van der Waals surface area contributed by atoms with E-state index in [1.54, 1.807) is 42.9 Å². The van der Waals surface area contributed by atoms with Crippen molar-refractivity contribution in [3.63, 3.8) is 0 Å². The van der Waals surface area contributed by atoms with Crippen molar-refractivity contribution in [3.8, 4) is 23.0 Å². The molecule has 0 bridgehead atoms. The van der Waals surface area contributed by atoms with Crippen molar-refractivity contribution in [3.05, 3.63) is 54.0 Å². The molecule has 1 N–H and O–H groups in total. The molecule has 0 spiro atoms. The number of likely N-dealkylation sites (tertiary alicyclic amines) is 1. The fraction of sp³-hybridized carbons (Fsp3) is 0.261. The van der Waals surface area contributed by atoms with Gasteiger partial charge in [0.2, 0.25) is 0 Å². The number of benzene rings is 1. The highest BCUT2D eigenvalue weighted by Gasteiger charge is 2.41. The molecular formula is C23H20N6O3. The highest BCUT2D eigenvalue weighted by Crippen LogP contribution is 2.32. The van der Waals surface area contributed by atoms with Crippen LogP contribution in [-0.2, 0) is 0 Å². The second kappa shape index (κ2) is 7.10. The molecule has 1 fully saturated rings. The van der Waals surface area contributed by atoms with Crippen molar-refractivity contribution in [2.24, 2.45) is 0 Å². The minimum atomic E-state index is -0.225. The van der Waals surface area contributed by atoms with Gasteiger partial charge in [-0.2, -0.15) is 0 Å². The Hall–Kier alpha value is -3.85. The Labute approximate surface area is 183 Å². The van der Waals surface area contributed by atoms with Gasteiger partial charge in [-0.15, -0.1) is 0 Å². The van der Waals surface area contributed by atoms with Gasteiger partial charge in [-0.25, -0.2) is 15.0 Å². The molecule has 6 rings (SSSR count). The normalized spacial score (nSPS) is 17.5. The lowest BCUT2D eigenvalue weighted by Gasteiger charge is -2.33. The Kier molecular flexibility index (Phi) is 4.19. The number of piperidine rings is 1. The summed E-state index contributed by atoms with van der Waals surface area (Å²) in [6, 6.07) is 6.96. The van der Waals surface area contributed by atoms with Gasteiger partial charge in [-0.05, 0) is 57.2 Å². The number of nitrogens with zero attached hydrogens (tertiary/aromatic N) is 5. The summed E-state index contributed by atoms with van der Waals surface area (Å²) < 4.78 is 5.32. The highest BCUT2D eigenvalue weighted by atomic mass is 16.3. The average Bonchev–Trinajstić information content (AvgIpc) is 3.53. The number of imide groups is 1. The number of rotatable bonds is 3. The molecule has 4 aromatic rings. The number of furan rings is 1. The smallest absolute Gasteiger partial charge is 0.261 e. The number of aromatic amines is 1. The molecule has 1 saturated heterocycles. The summed E-state index contributed by atoms with van der Waals surface area (Å²) in [6.45, 7) is 1.76. The Morgan fingerprint density at radius 2 is 1.78 bits per heavy atom. The van der Waals surface area contributed by atoms with E-state index >= 15 is 0 Å². The molecule has 5 heterocycles. The molecule has 2 amide bonds. The molecule has 2 aliphatic heterocycles. The number of imidazole rings is 1. The fourth-order valence-electron chi connectivity index (χ4n) is 4.47. The van der Waals surface area contributed by atoms with E-state index in [9.17, 15) is 9.59 Å². The van der Waals surface area contributed by atoms with Crippen LogP contribution in [0.5, 0.6) is 0 Å². The van der Waals surface area contributed by atoms with Crippen molar-refractivity contribution >= 4 is 22.8 Å². The van der Waals surface area contributed by atoms with Gasteiger partial charge in [0.05, 0.1) is 34.0 Å². The monoisotopic (exact) mass is 428 g/mol. The molecule has 0 radical (unpaired) electrons. The third kappa shape index (κ3) is 2.93. The third-order valence-corrected chi connectivity index (χ3v) is 6.24. The molecule has 3 aromatic heterocycles. The summed E-state index contributed by atoms with van der Waals surface area (Å²) >= 11 is 0. The number of hydrogen-bond acceptors (Lipinski definition) is 7. The maximum Gasteiger partial charge on any atom is 0.261 e. The Balaban J connectivity index is 1.31. The maximum absolute atomic E-state index is 13.1. The average molecular weight is 428 g/mol. The van der Waals surface area contributed by atoms with Crippen molar-refractivity contribution in [1.29, 1.82) is 0 Å². The van der Waals surface area contributed by atoms with E-state index in [0.717, 1.165) is 25.9 Å². The summed E-state index contributed by atoms with van der Waals surface area (Å²) in [7, 11) is 2.06. The van der Waals surface area contributed by atoms with E-state index in [1.807, 2.05) is 0 Å². The van der Waals surface area contributed by atoms with Crippen molar-refractivity contribution in [2.75, 3.05) is 20.1 Å². The minimum Gasteiger partial charge on any atom is -0.461 e. The second-order valence-electron chi connectivity index (χ2n) is 8.29. The van der Waals surface area contributed by atoms with Gasteiger partial charge < -0.3 is 14.3 Å². The first kappa shape index (κ1) is 18.9. The van der Waals surface area contributed by atoms with E-state index in [-0.39, 0.29) is 17.9 Å². The first-order valence-electron chi connectivity index (χ1n) is 10.5. The van der Waals surface area contributed by atoms with E-state index in [2.05, 4.69) is 31.9 Å². The first-order valence-corrected chi connectivity index (χ1v) is 10.5. The molecule has 0 aliphatic carbocycles. The summed E-state index contributed by atoms with van der Waals surface area (Å²) in [4.78, 5) is 46.3. The van der Waals surface area contributed by atoms with Gasteiger partial charge in [0.15, 0.2) is 11.6 Å². The Morgan fingerprint density at radius 1 is 1.06 bits per heavy atom. The number of carbonyl (C=O) groups excluding carboxylic acids is 2. The number of hydrogen-bond donors (Lipinski definition) is 1. The molecular weight excluding hydrogens is 408 g/mol. The van der Waals surface area contributed by atoms with Crippen LogP contribution in [0, 0.1) is 0 Å². The zero-order chi connectivity index (χ0) is 21.8. The van der Waals surface area contributed by atoms with Crippen LogP contribution in [0.2, 0.25) is 0 Å². The number of H-pyrrole nitrogens is 1. The van der Waals surface area contributed by atoms with Crippen molar-refractivity contribution in [2.45, 2.75) is 18.9 Å². The topological polar surface area (TPSA) is 108 Å². The van der Waals surface area contributed by atoms with E-state index in [4.69, 9.17) is 4.42 Å². The standard InChI is InChI=1S/C23H20N6O3/c1-28-6-4-14(5-7-28)29-22(30)15-9-17-18(10-16(15)23(29)31)27-20(26-17)13-11-24-21(25-12-13)19-3-2-8-32-19/h2-3,8-12,14H,4-7H2,1H3,(H,26,27). The fourth-order valence-corrected chi connectivity index (χ4v) is 4.47. The van der Waals surface area contributed by atoms with Crippen molar-refractivity contribution in [1.82, 2.24) is 29.7 Å². The molecule has 0 atom stereocenters. The van der Waals surface area contributed by atoms with Crippen LogP contribution < -0.4 is 0 Å². The molecule has 9 nitrogen and oxygen atoms in total. The molecule has 32 heavy (non-hydrogen) atoms. The van der Waals surface area contributed by atoms with Gasteiger partial charge in [0.1, 0.15) is 5.82 Å². The van der Waals surface area contributed by atoms with Gasteiger partial charge in [-0.1, -0.05) is 0 Å². The minimum absolute atomic E-state index is 0.0507. The molecule has 0 unspecified atom stereocenters. The first-order chi connectivity index (χ1) is 15.6. The number of nitrogens with one attached hydrogen (secondary N) is 1. The predicted molar refractivity (Wildman–Crippen MR) is 116 cm³/mol. The predicted octanol–water partition coefficient (Wildman–Crippen LogP) is 2.97. The maximum atomic E-state index is 13.1. The highest BCUT2D eigenvalue weighted by molar-refractivity contribution is 6.23. The Bertz CT molecular complexity index is 1280. The molecule has 2 aliphatic rings. The van der Waals surface area contributed by atoms with Gasteiger partial charge >= 0.3 is 0 Å². The van der Waals surface area contributed by atoms with Crippen LogP contribution in [0.1, 0.15) is 33.6 Å². The number of carbonyl (C=O) groups is 2.